The highest BCUT2D eigenvalue weighted by Gasteiger charge is 2.38. The molecule has 3 heterocycles. The first-order valence-corrected chi connectivity index (χ1v) is 10.8. The highest BCUT2D eigenvalue weighted by atomic mass is 32.2. The number of carbonyl (C=O) groups is 1. The SMILES string of the molecule is CC1CC(C)CN(S(=O)(=O)N2CCCC(C(=O)NCc3ccco3)C2)C1. The van der Waals surface area contributed by atoms with E-state index in [1.807, 2.05) is 0 Å². The van der Waals surface area contributed by atoms with Crippen molar-refractivity contribution >= 4 is 16.1 Å². The van der Waals surface area contributed by atoms with E-state index in [4.69, 9.17) is 4.42 Å². The molecule has 2 saturated heterocycles. The molecule has 0 bridgehead atoms. The second kappa shape index (κ2) is 8.10. The third-order valence-electron chi connectivity index (χ3n) is 5.26. The molecule has 0 saturated carbocycles. The molecule has 2 aliphatic rings. The van der Waals surface area contributed by atoms with Crippen molar-refractivity contribution in [2.24, 2.45) is 17.8 Å². The molecule has 2 fully saturated rings. The summed E-state index contributed by atoms with van der Waals surface area (Å²) >= 11 is 0. The van der Waals surface area contributed by atoms with E-state index in [1.165, 1.54) is 4.31 Å². The Morgan fingerprint density at radius 1 is 1.23 bits per heavy atom. The number of nitrogens with zero attached hydrogens (tertiary/aromatic N) is 2. The summed E-state index contributed by atoms with van der Waals surface area (Å²) in [5.41, 5.74) is 0. The van der Waals surface area contributed by atoms with Crippen LogP contribution in [0.5, 0.6) is 0 Å². The van der Waals surface area contributed by atoms with Crippen molar-refractivity contribution in [3.63, 3.8) is 0 Å². The molecule has 26 heavy (non-hydrogen) atoms. The molecule has 0 spiro atoms. The third-order valence-corrected chi connectivity index (χ3v) is 7.19. The van der Waals surface area contributed by atoms with Gasteiger partial charge in [0, 0.05) is 26.2 Å². The summed E-state index contributed by atoms with van der Waals surface area (Å²) in [5, 5.41) is 2.85. The van der Waals surface area contributed by atoms with E-state index in [0.29, 0.717) is 56.6 Å². The van der Waals surface area contributed by atoms with Crippen molar-refractivity contribution in [3.8, 4) is 0 Å². The van der Waals surface area contributed by atoms with Crippen molar-refractivity contribution in [3.05, 3.63) is 24.2 Å². The second-order valence-electron chi connectivity index (χ2n) is 7.77. The average molecular weight is 384 g/mol. The Balaban J connectivity index is 1.60. The lowest BCUT2D eigenvalue weighted by Gasteiger charge is -2.39. The van der Waals surface area contributed by atoms with Crippen molar-refractivity contribution in [1.29, 1.82) is 0 Å². The summed E-state index contributed by atoms with van der Waals surface area (Å²) in [5.74, 6) is 1.00. The van der Waals surface area contributed by atoms with Crippen LogP contribution in [0.2, 0.25) is 0 Å². The zero-order chi connectivity index (χ0) is 18.7. The van der Waals surface area contributed by atoms with Crippen LogP contribution in [0.3, 0.4) is 0 Å². The number of amides is 1. The molecule has 3 unspecified atom stereocenters. The molecule has 7 nitrogen and oxygen atoms in total. The van der Waals surface area contributed by atoms with E-state index in [2.05, 4.69) is 19.2 Å². The van der Waals surface area contributed by atoms with Gasteiger partial charge in [-0.2, -0.15) is 17.0 Å². The molecule has 8 heteroatoms. The maximum Gasteiger partial charge on any atom is 0.282 e. The number of nitrogens with one attached hydrogen (secondary N) is 1. The van der Waals surface area contributed by atoms with E-state index in [1.54, 1.807) is 22.7 Å². The van der Waals surface area contributed by atoms with Gasteiger partial charge in [0.25, 0.3) is 10.2 Å². The number of rotatable bonds is 5. The highest BCUT2D eigenvalue weighted by molar-refractivity contribution is 7.86. The van der Waals surface area contributed by atoms with Crippen LogP contribution in [0.15, 0.2) is 22.8 Å². The Hall–Kier alpha value is -1.38. The van der Waals surface area contributed by atoms with Gasteiger partial charge in [-0.15, -0.1) is 0 Å². The minimum Gasteiger partial charge on any atom is -0.467 e. The van der Waals surface area contributed by atoms with E-state index in [9.17, 15) is 13.2 Å². The lowest BCUT2D eigenvalue weighted by molar-refractivity contribution is -0.126. The van der Waals surface area contributed by atoms with Crippen LogP contribution in [-0.4, -0.2) is 49.1 Å². The Labute approximate surface area is 155 Å². The minimum absolute atomic E-state index is 0.110. The van der Waals surface area contributed by atoms with Crippen LogP contribution >= 0.6 is 0 Å². The Morgan fingerprint density at radius 3 is 2.62 bits per heavy atom. The molecule has 3 atom stereocenters. The van der Waals surface area contributed by atoms with Gasteiger partial charge in [-0.25, -0.2) is 0 Å². The maximum absolute atomic E-state index is 13.0. The molecule has 0 aliphatic carbocycles. The van der Waals surface area contributed by atoms with Gasteiger partial charge in [0.15, 0.2) is 0 Å². The summed E-state index contributed by atoms with van der Waals surface area (Å²) in [7, 11) is -3.51. The van der Waals surface area contributed by atoms with Crippen molar-refractivity contribution in [2.75, 3.05) is 26.2 Å². The smallest absolute Gasteiger partial charge is 0.282 e. The molecule has 146 valence electrons. The number of hydrogen-bond donors (Lipinski definition) is 1. The maximum atomic E-state index is 13.0. The number of furan rings is 1. The van der Waals surface area contributed by atoms with Gasteiger partial charge >= 0.3 is 0 Å². The first kappa shape index (κ1) is 19.4. The van der Waals surface area contributed by atoms with Crippen LogP contribution in [-0.2, 0) is 21.5 Å². The summed E-state index contributed by atoms with van der Waals surface area (Å²) in [6, 6.07) is 3.58. The van der Waals surface area contributed by atoms with Gasteiger partial charge in [-0.05, 0) is 43.2 Å². The predicted molar refractivity (Wildman–Crippen MR) is 98.3 cm³/mol. The molecular formula is C18H29N3O4S. The first-order valence-electron chi connectivity index (χ1n) is 9.41. The molecule has 1 aromatic heterocycles. The zero-order valence-corrected chi connectivity index (χ0v) is 16.4. The topological polar surface area (TPSA) is 82.9 Å². The summed E-state index contributed by atoms with van der Waals surface area (Å²) < 4.78 is 34.4. The molecule has 1 amide bonds. The van der Waals surface area contributed by atoms with Crippen LogP contribution in [0.25, 0.3) is 0 Å². The summed E-state index contributed by atoms with van der Waals surface area (Å²) in [6.45, 7) is 6.40. The molecule has 1 N–H and O–H groups in total. The minimum atomic E-state index is -3.51. The Kier molecular flexibility index (Phi) is 6.04. The highest BCUT2D eigenvalue weighted by Crippen LogP contribution is 2.27. The standard InChI is InChI=1S/C18H29N3O4S/c1-14-9-15(2)12-21(11-14)26(23,24)20-7-3-5-16(13-20)18(22)19-10-17-6-4-8-25-17/h4,6,8,14-16H,3,5,7,9-13H2,1-2H3,(H,19,22). The Morgan fingerprint density at radius 2 is 1.96 bits per heavy atom. The van der Waals surface area contributed by atoms with Crippen LogP contribution in [0, 0.1) is 17.8 Å². The largest absolute Gasteiger partial charge is 0.467 e. The normalized spacial score (nSPS) is 28.8. The molecule has 1 aromatic rings. The molecule has 0 aromatic carbocycles. The van der Waals surface area contributed by atoms with Gasteiger partial charge in [-0.1, -0.05) is 13.8 Å². The van der Waals surface area contributed by atoms with Crippen LogP contribution in [0.4, 0.5) is 0 Å². The Bertz CT molecular complexity index is 694. The number of piperidine rings is 2. The number of hydrogen-bond acceptors (Lipinski definition) is 4. The fourth-order valence-corrected chi connectivity index (χ4v) is 6.00. The van der Waals surface area contributed by atoms with Gasteiger partial charge in [0.1, 0.15) is 5.76 Å². The van der Waals surface area contributed by atoms with Crippen molar-refractivity contribution < 1.29 is 17.6 Å². The van der Waals surface area contributed by atoms with Crippen molar-refractivity contribution in [1.82, 2.24) is 13.9 Å². The molecule has 0 radical (unpaired) electrons. The van der Waals surface area contributed by atoms with Crippen LogP contribution < -0.4 is 5.32 Å². The molecular weight excluding hydrogens is 354 g/mol. The van der Waals surface area contributed by atoms with Gasteiger partial charge < -0.3 is 9.73 Å². The van der Waals surface area contributed by atoms with E-state index in [0.717, 1.165) is 6.42 Å². The molecule has 2 aliphatic heterocycles. The molecule has 3 rings (SSSR count). The van der Waals surface area contributed by atoms with Crippen molar-refractivity contribution in [2.45, 2.75) is 39.7 Å². The van der Waals surface area contributed by atoms with Gasteiger partial charge in [0.2, 0.25) is 5.91 Å². The predicted octanol–water partition coefficient (Wildman–Crippen LogP) is 1.83. The third kappa shape index (κ3) is 4.47. The lowest BCUT2D eigenvalue weighted by atomic mass is 9.94. The monoisotopic (exact) mass is 383 g/mol. The zero-order valence-electron chi connectivity index (χ0n) is 15.6. The first-order chi connectivity index (χ1) is 12.4. The number of carbonyl (C=O) groups excluding carboxylic acids is 1. The second-order valence-corrected chi connectivity index (χ2v) is 9.69. The fraction of sp³-hybridized carbons (Fsp3) is 0.722. The van der Waals surface area contributed by atoms with Gasteiger partial charge in [-0.3, -0.25) is 4.79 Å². The summed E-state index contributed by atoms with van der Waals surface area (Å²) in [4.78, 5) is 12.5. The summed E-state index contributed by atoms with van der Waals surface area (Å²) in [6.07, 6.45) is 4.04. The van der Waals surface area contributed by atoms with E-state index >= 15 is 0 Å². The van der Waals surface area contributed by atoms with Crippen LogP contribution in [0.1, 0.15) is 38.9 Å². The average Bonchev–Trinajstić information content (AvgIpc) is 3.12. The van der Waals surface area contributed by atoms with E-state index in [-0.39, 0.29) is 18.4 Å². The fourth-order valence-electron chi connectivity index (χ4n) is 4.06. The van der Waals surface area contributed by atoms with Gasteiger partial charge in [0.05, 0.1) is 18.7 Å². The van der Waals surface area contributed by atoms with E-state index < -0.39 is 10.2 Å². The lowest BCUT2D eigenvalue weighted by Crippen LogP contribution is -2.53. The quantitative estimate of drug-likeness (QED) is 0.841.